The Morgan fingerprint density at radius 1 is 1.31 bits per heavy atom. The summed E-state index contributed by atoms with van der Waals surface area (Å²) in [5.41, 5.74) is 0. The molecular weight excluding hydrogens is 206 g/mol. The average molecular weight is 222 g/mol. The van der Waals surface area contributed by atoms with Gasteiger partial charge in [-0.05, 0) is 0 Å². The van der Waals surface area contributed by atoms with Gasteiger partial charge in [-0.1, -0.05) is 19.8 Å². The van der Waals surface area contributed by atoms with Crippen LogP contribution in [0.3, 0.4) is 0 Å². The molecule has 0 saturated carbocycles. The van der Waals surface area contributed by atoms with Crippen molar-refractivity contribution in [2.24, 2.45) is 5.92 Å². The monoisotopic (exact) mass is 222 g/mol. The molecule has 4 N–H and O–H groups in total. The Kier molecular flexibility index (Phi) is 14.5. The number of hydrogen-bond donors (Lipinski definition) is 4. The van der Waals surface area contributed by atoms with Gasteiger partial charge in [0.05, 0.1) is 0 Å². The van der Waals surface area contributed by atoms with E-state index in [2.05, 4.69) is 13.8 Å². The van der Waals surface area contributed by atoms with Gasteiger partial charge in [0.1, 0.15) is 0 Å². The van der Waals surface area contributed by atoms with Crippen LogP contribution in [-0.4, -0.2) is 19.8 Å². The molecule has 7 heteroatoms. The van der Waals surface area contributed by atoms with Crippen LogP contribution in [-0.2, 0) is 4.57 Å². The van der Waals surface area contributed by atoms with Crippen molar-refractivity contribution < 1.29 is 53.9 Å². The first kappa shape index (κ1) is 19.6. The molecule has 0 aromatic heterocycles. The second-order valence-electron chi connectivity index (χ2n) is 2.85. The Morgan fingerprint density at radius 2 is 1.54 bits per heavy atom. The van der Waals surface area contributed by atoms with Gasteiger partial charge in [-0.15, -0.1) is 0 Å². The van der Waals surface area contributed by atoms with E-state index in [-0.39, 0.29) is 29.6 Å². The number of rotatable bonds is 2. The van der Waals surface area contributed by atoms with E-state index in [0.717, 1.165) is 6.42 Å². The maximum atomic E-state index is 8.88. The van der Waals surface area contributed by atoms with Crippen molar-refractivity contribution in [3.05, 3.63) is 6.10 Å². The van der Waals surface area contributed by atoms with E-state index in [1.807, 2.05) is 0 Å². The second kappa shape index (κ2) is 9.62. The van der Waals surface area contributed by atoms with Gasteiger partial charge < -0.3 is 19.8 Å². The van der Waals surface area contributed by atoms with Gasteiger partial charge in [0.25, 0.3) is 0 Å². The van der Waals surface area contributed by atoms with Gasteiger partial charge in [-0.25, -0.2) is 10.7 Å². The molecule has 0 spiro atoms. The first-order chi connectivity index (χ1) is 5.13. The summed E-state index contributed by atoms with van der Waals surface area (Å²) in [6.45, 7) is 5.90. The number of aliphatic hydroxyl groups is 1. The third kappa shape index (κ3) is 62.3. The normalized spacial score (nSPS) is 10.5. The molecule has 0 aliphatic carbocycles. The van der Waals surface area contributed by atoms with Gasteiger partial charge in [-0.2, -0.15) is 13.3 Å². The van der Waals surface area contributed by atoms with E-state index in [4.69, 9.17) is 24.4 Å². The van der Waals surface area contributed by atoms with Crippen LogP contribution < -0.4 is 29.6 Å². The van der Waals surface area contributed by atoms with Crippen LogP contribution in [0.15, 0.2) is 0 Å². The molecule has 0 amide bonds. The molecule has 0 unspecified atom stereocenters. The molecule has 0 aliphatic heterocycles. The molecule has 0 aliphatic rings. The first-order valence-electron chi connectivity index (χ1n) is 3.42. The Balaban J connectivity index is -0.000000150. The van der Waals surface area contributed by atoms with E-state index in [0.29, 0.717) is 12.0 Å². The summed E-state index contributed by atoms with van der Waals surface area (Å²) in [5, 5.41) is 8.64. The van der Waals surface area contributed by atoms with E-state index < -0.39 is 7.82 Å². The second-order valence-corrected chi connectivity index (χ2v) is 3.87. The topological polar surface area (TPSA) is 98.0 Å². The van der Waals surface area contributed by atoms with Crippen molar-refractivity contribution in [3.63, 3.8) is 0 Å². The zero-order valence-corrected chi connectivity index (χ0v) is 11.3. The molecule has 5 nitrogen and oxygen atoms in total. The Morgan fingerprint density at radius 3 is 1.54 bits per heavy atom. The summed E-state index contributed by atoms with van der Waals surface area (Å²) in [6, 6.07) is 0. The molecule has 0 aromatic rings. The zero-order valence-electron chi connectivity index (χ0n) is 8.43. The standard InChI is InChI=1S/C6H13O.Na.H3O4P/c1-5(2)4-6(3)7;;1-5(2,3)4/h5,7H,4H2,1-3H3;;(H3,1,2,3,4)/q-1;+1;. The molecule has 0 bridgehead atoms. The average Bonchev–Trinajstić information content (AvgIpc) is 1.52. The minimum Gasteiger partial charge on any atom is -0.563 e. The largest absolute Gasteiger partial charge is 1.00 e. The number of hydrogen-bond acceptors (Lipinski definition) is 2. The zero-order chi connectivity index (χ0) is 10.4. The SMILES string of the molecule is C[C-](O)CC(C)C.O=P(O)(O)O.[Na+]. The molecule has 0 radical (unpaired) electrons. The van der Waals surface area contributed by atoms with Gasteiger partial charge in [0.15, 0.2) is 0 Å². The Labute approximate surface area is 101 Å². The predicted octanol–water partition coefficient (Wildman–Crippen LogP) is -1.97. The van der Waals surface area contributed by atoms with Crippen LogP contribution in [0.2, 0.25) is 0 Å². The van der Waals surface area contributed by atoms with Crippen molar-refractivity contribution in [3.8, 4) is 0 Å². The molecule has 0 heterocycles. The molecule has 13 heavy (non-hydrogen) atoms. The van der Waals surface area contributed by atoms with Crippen molar-refractivity contribution in [1.29, 1.82) is 0 Å². The quantitative estimate of drug-likeness (QED) is 0.247. The fraction of sp³-hybridized carbons (Fsp3) is 0.833. The molecule has 76 valence electrons. The fourth-order valence-electron chi connectivity index (χ4n) is 0.591. The van der Waals surface area contributed by atoms with E-state index >= 15 is 0 Å². The minimum absolute atomic E-state index is 0. The minimum atomic E-state index is -4.64. The van der Waals surface area contributed by atoms with Gasteiger partial charge >= 0.3 is 37.4 Å². The van der Waals surface area contributed by atoms with Crippen molar-refractivity contribution in [2.75, 3.05) is 0 Å². The van der Waals surface area contributed by atoms with Gasteiger partial charge in [0, 0.05) is 0 Å². The van der Waals surface area contributed by atoms with E-state index in [1.165, 1.54) is 0 Å². The van der Waals surface area contributed by atoms with Crippen LogP contribution in [0.5, 0.6) is 0 Å². The first-order valence-corrected chi connectivity index (χ1v) is 4.99. The van der Waals surface area contributed by atoms with E-state index in [9.17, 15) is 0 Å². The molecule has 0 aromatic carbocycles. The fourth-order valence-corrected chi connectivity index (χ4v) is 0.591. The number of phosphoric acid groups is 1. The third-order valence-corrected chi connectivity index (χ3v) is 0.704. The summed E-state index contributed by atoms with van der Waals surface area (Å²) >= 11 is 0. The van der Waals surface area contributed by atoms with Crippen molar-refractivity contribution in [1.82, 2.24) is 0 Å². The maximum absolute atomic E-state index is 8.88. The summed E-state index contributed by atoms with van der Waals surface area (Å²) < 4.78 is 8.88. The number of aliphatic hydroxyl groups excluding tert-OH is 1. The van der Waals surface area contributed by atoms with Gasteiger partial charge in [0.2, 0.25) is 0 Å². The van der Waals surface area contributed by atoms with Gasteiger partial charge in [-0.3, -0.25) is 0 Å². The summed E-state index contributed by atoms with van der Waals surface area (Å²) in [6.07, 6.45) is 1.37. The Bertz CT molecular complexity index is 130. The van der Waals surface area contributed by atoms with Crippen LogP contribution in [0.4, 0.5) is 0 Å². The maximum Gasteiger partial charge on any atom is 1.00 e. The summed E-state index contributed by atoms with van der Waals surface area (Å²) in [4.78, 5) is 21.6. The molecular formula is C6H16NaO5P. The molecule has 0 fully saturated rings. The van der Waals surface area contributed by atoms with Crippen molar-refractivity contribution in [2.45, 2.75) is 27.2 Å². The van der Waals surface area contributed by atoms with Crippen molar-refractivity contribution >= 4 is 7.82 Å². The molecule has 0 saturated heterocycles. The predicted molar refractivity (Wildman–Crippen MR) is 44.6 cm³/mol. The summed E-state index contributed by atoms with van der Waals surface area (Å²) in [7, 11) is -4.64. The summed E-state index contributed by atoms with van der Waals surface area (Å²) in [5.74, 6) is 0.588. The van der Waals surface area contributed by atoms with Crippen LogP contribution in [0.1, 0.15) is 27.2 Å². The molecule has 0 rings (SSSR count). The third-order valence-electron chi connectivity index (χ3n) is 0.704. The smallest absolute Gasteiger partial charge is 0.563 e. The Hall–Kier alpha value is 1.07. The van der Waals surface area contributed by atoms with Crippen LogP contribution >= 0.6 is 7.82 Å². The van der Waals surface area contributed by atoms with Crippen LogP contribution in [0, 0.1) is 12.0 Å². The molecule has 0 atom stereocenters. The van der Waals surface area contributed by atoms with Crippen LogP contribution in [0.25, 0.3) is 0 Å². The van der Waals surface area contributed by atoms with E-state index in [1.54, 1.807) is 6.92 Å².